The van der Waals surface area contributed by atoms with Crippen molar-refractivity contribution in [3.63, 3.8) is 0 Å². The second-order valence-corrected chi connectivity index (χ2v) is 8.13. The highest BCUT2D eigenvalue weighted by molar-refractivity contribution is 6.17. The average Bonchev–Trinajstić information content (AvgIpc) is 2.95. The van der Waals surface area contributed by atoms with Crippen LogP contribution in [0.2, 0.25) is 0 Å². The number of alkyl carbamates (subject to hydrolysis) is 1. The summed E-state index contributed by atoms with van der Waals surface area (Å²) < 4.78 is 5.12. The van der Waals surface area contributed by atoms with Crippen molar-refractivity contribution in [2.75, 3.05) is 13.1 Å². The summed E-state index contributed by atoms with van der Waals surface area (Å²) >= 11 is 5.53. The summed E-state index contributed by atoms with van der Waals surface area (Å²) in [6.45, 7) is 1.62. The van der Waals surface area contributed by atoms with Crippen molar-refractivity contribution < 1.29 is 9.53 Å². The third-order valence-electron chi connectivity index (χ3n) is 5.01. The molecule has 4 aromatic carbocycles. The van der Waals surface area contributed by atoms with E-state index in [0.29, 0.717) is 19.0 Å². The molecule has 5 heteroatoms. The van der Waals surface area contributed by atoms with Crippen LogP contribution in [0.25, 0.3) is 0 Å². The summed E-state index contributed by atoms with van der Waals surface area (Å²) in [6.07, 6.45) is 1.42. The summed E-state index contributed by atoms with van der Waals surface area (Å²) in [7, 11) is 0. The first-order chi connectivity index (χ1) is 17.7. The maximum atomic E-state index is 11.5. The summed E-state index contributed by atoms with van der Waals surface area (Å²) in [5.74, 6) is 0.612. The Morgan fingerprint density at radius 1 is 0.639 bits per heavy atom. The van der Waals surface area contributed by atoms with E-state index in [4.69, 9.17) is 22.1 Å². The first-order valence-electron chi connectivity index (χ1n) is 12.0. The first kappa shape index (κ1) is 28.6. The van der Waals surface area contributed by atoms with Crippen LogP contribution in [-0.4, -0.2) is 19.2 Å². The normalized spacial score (nSPS) is 9.61. The number of amides is 1. The van der Waals surface area contributed by atoms with Crippen LogP contribution in [0.15, 0.2) is 121 Å². The molecule has 0 aliphatic heterocycles. The maximum absolute atomic E-state index is 11.5. The van der Waals surface area contributed by atoms with Crippen molar-refractivity contribution in [1.82, 2.24) is 5.32 Å². The Kier molecular flexibility index (Phi) is 14.9. The van der Waals surface area contributed by atoms with Gasteiger partial charge in [-0.1, -0.05) is 121 Å². The van der Waals surface area contributed by atoms with Gasteiger partial charge in [0.05, 0.1) is 0 Å². The molecule has 0 fully saturated rings. The molecule has 0 radical (unpaired) electrons. The quantitative estimate of drug-likeness (QED) is 0.261. The minimum Gasteiger partial charge on any atom is -0.445 e. The number of carbonyl (C=O) groups is 1. The molecule has 4 nitrogen and oxygen atoms in total. The number of benzene rings is 4. The predicted molar refractivity (Wildman–Crippen MR) is 150 cm³/mol. The number of carbonyl (C=O) groups excluding carboxylic acids is 1. The molecule has 0 spiro atoms. The molecule has 0 unspecified atom stereocenters. The third kappa shape index (κ3) is 13.3. The van der Waals surface area contributed by atoms with E-state index in [1.165, 1.54) is 16.7 Å². The van der Waals surface area contributed by atoms with Gasteiger partial charge in [-0.25, -0.2) is 4.79 Å². The summed E-state index contributed by atoms with van der Waals surface area (Å²) in [5.41, 5.74) is 10.0. The fraction of sp³-hybridized carbons (Fsp3) is 0.194. The molecule has 4 rings (SSSR count). The smallest absolute Gasteiger partial charge is 0.407 e. The second-order valence-electron chi connectivity index (χ2n) is 7.87. The van der Waals surface area contributed by atoms with E-state index in [1.54, 1.807) is 0 Å². The Balaban J connectivity index is 0.000000221. The van der Waals surface area contributed by atoms with Gasteiger partial charge in [0.1, 0.15) is 6.61 Å². The molecule has 1 amide bonds. The number of hydrogen-bond acceptors (Lipinski definition) is 3. The number of rotatable bonds is 8. The zero-order chi connectivity index (χ0) is 25.7. The highest BCUT2D eigenvalue weighted by Gasteiger charge is 2.01. The molecular weight excluding hydrogens is 468 g/mol. The molecule has 0 heterocycles. The zero-order valence-corrected chi connectivity index (χ0v) is 21.3. The van der Waals surface area contributed by atoms with E-state index in [0.717, 1.165) is 24.9 Å². The van der Waals surface area contributed by atoms with Crippen LogP contribution in [0.5, 0.6) is 0 Å². The van der Waals surface area contributed by atoms with E-state index in [9.17, 15) is 4.79 Å². The van der Waals surface area contributed by atoms with Gasteiger partial charge in [-0.3, -0.25) is 0 Å². The lowest BCUT2D eigenvalue weighted by Gasteiger charge is -2.07. The van der Waals surface area contributed by atoms with Gasteiger partial charge in [-0.15, -0.1) is 11.6 Å². The van der Waals surface area contributed by atoms with Gasteiger partial charge in [0.25, 0.3) is 0 Å². The largest absolute Gasteiger partial charge is 0.445 e. The zero-order valence-electron chi connectivity index (χ0n) is 20.6. The standard InChI is InChI=1S/C16H17NO2.C8H11N.C7H7Cl/c18-16(19-13-15-9-5-2-6-10-15)17-12-11-14-7-3-1-4-8-14;9-7-6-8-4-2-1-3-5-8;8-6-7-4-2-1-3-5-7/h1-10H,11-13H2,(H,17,18);1-5H,6-7,9H2;1-5H,6H2. The Hall–Kier alpha value is -3.60. The van der Waals surface area contributed by atoms with E-state index < -0.39 is 0 Å². The van der Waals surface area contributed by atoms with Gasteiger partial charge in [-0.05, 0) is 41.6 Å². The fourth-order valence-corrected chi connectivity index (χ4v) is 3.28. The van der Waals surface area contributed by atoms with Crippen LogP contribution in [0.1, 0.15) is 22.3 Å². The van der Waals surface area contributed by atoms with Crippen LogP contribution in [0.3, 0.4) is 0 Å². The van der Waals surface area contributed by atoms with Crippen molar-refractivity contribution >= 4 is 17.7 Å². The van der Waals surface area contributed by atoms with Gasteiger partial charge < -0.3 is 15.8 Å². The van der Waals surface area contributed by atoms with Gasteiger partial charge in [0.2, 0.25) is 0 Å². The van der Waals surface area contributed by atoms with Gasteiger partial charge in [0.15, 0.2) is 0 Å². The number of nitrogens with one attached hydrogen (secondary N) is 1. The maximum Gasteiger partial charge on any atom is 0.407 e. The summed E-state index contributed by atoms with van der Waals surface area (Å²) in [5, 5.41) is 2.74. The van der Waals surface area contributed by atoms with Crippen molar-refractivity contribution in [3.05, 3.63) is 144 Å². The van der Waals surface area contributed by atoms with Crippen LogP contribution >= 0.6 is 11.6 Å². The molecule has 188 valence electrons. The van der Waals surface area contributed by atoms with Crippen LogP contribution < -0.4 is 11.1 Å². The highest BCUT2D eigenvalue weighted by atomic mass is 35.5. The van der Waals surface area contributed by atoms with Crippen molar-refractivity contribution in [2.24, 2.45) is 5.73 Å². The molecule has 0 bridgehead atoms. The number of halogens is 1. The van der Waals surface area contributed by atoms with Crippen LogP contribution in [0.4, 0.5) is 4.79 Å². The molecule has 36 heavy (non-hydrogen) atoms. The van der Waals surface area contributed by atoms with Gasteiger partial charge in [-0.2, -0.15) is 0 Å². The molecule has 0 saturated carbocycles. The van der Waals surface area contributed by atoms with Crippen molar-refractivity contribution in [2.45, 2.75) is 25.3 Å². The minimum absolute atomic E-state index is 0.304. The molecule has 0 aliphatic rings. The molecule has 3 N–H and O–H groups in total. The Bertz CT molecular complexity index is 1060. The van der Waals surface area contributed by atoms with Crippen LogP contribution in [-0.2, 0) is 30.1 Å². The molecule has 0 aromatic heterocycles. The topological polar surface area (TPSA) is 64.4 Å². The summed E-state index contributed by atoms with van der Waals surface area (Å²) in [6, 6.07) is 39.9. The fourth-order valence-electron chi connectivity index (χ4n) is 3.11. The lowest BCUT2D eigenvalue weighted by Crippen LogP contribution is -2.26. The molecule has 0 atom stereocenters. The van der Waals surface area contributed by atoms with E-state index >= 15 is 0 Å². The second kappa shape index (κ2) is 18.7. The number of alkyl halides is 1. The molecule has 0 aliphatic carbocycles. The van der Waals surface area contributed by atoms with E-state index in [-0.39, 0.29) is 6.09 Å². The Morgan fingerprint density at radius 2 is 1.06 bits per heavy atom. The SMILES string of the molecule is ClCc1ccccc1.NCCc1ccccc1.O=C(NCCc1ccccc1)OCc1ccccc1. The van der Waals surface area contributed by atoms with E-state index in [2.05, 4.69) is 17.4 Å². The lowest BCUT2D eigenvalue weighted by atomic mass is 10.1. The molecular formula is C31H35ClN2O2. The third-order valence-corrected chi connectivity index (χ3v) is 5.32. The first-order valence-corrected chi connectivity index (χ1v) is 12.6. The van der Waals surface area contributed by atoms with Gasteiger partial charge in [0, 0.05) is 12.4 Å². The average molecular weight is 503 g/mol. The minimum atomic E-state index is -0.375. The lowest BCUT2D eigenvalue weighted by molar-refractivity contribution is 0.140. The Labute approximate surface area is 220 Å². The van der Waals surface area contributed by atoms with Crippen LogP contribution in [0, 0.1) is 0 Å². The highest BCUT2D eigenvalue weighted by Crippen LogP contribution is 2.02. The molecule has 4 aromatic rings. The number of ether oxygens (including phenoxy) is 1. The molecule has 0 saturated heterocycles. The van der Waals surface area contributed by atoms with Crippen molar-refractivity contribution in [3.8, 4) is 0 Å². The van der Waals surface area contributed by atoms with E-state index in [1.807, 2.05) is 109 Å². The monoisotopic (exact) mass is 502 g/mol. The summed E-state index contributed by atoms with van der Waals surface area (Å²) in [4.78, 5) is 11.5. The predicted octanol–water partition coefficient (Wildman–Crippen LogP) is 6.77. The Morgan fingerprint density at radius 3 is 1.47 bits per heavy atom. The number of hydrogen-bond donors (Lipinski definition) is 2. The number of nitrogens with two attached hydrogens (primary N) is 1. The van der Waals surface area contributed by atoms with Crippen molar-refractivity contribution in [1.29, 1.82) is 0 Å². The van der Waals surface area contributed by atoms with Gasteiger partial charge >= 0.3 is 6.09 Å².